The smallest absolute Gasteiger partial charge is 0.0948 e. The molecule has 0 radical (unpaired) electrons. The summed E-state index contributed by atoms with van der Waals surface area (Å²) in [5, 5.41) is 3.60. The Hall–Kier alpha value is -0.830. The molecule has 0 aromatic carbocycles. The lowest BCUT2D eigenvalue weighted by atomic mass is 9.97. The topological polar surface area (TPSA) is 29.9 Å². The molecule has 3 aliphatic rings. The maximum Gasteiger partial charge on any atom is 0.0948 e. The van der Waals surface area contributed by atoms with Crippen LogP contribution in [-0.4, -0.2) is 16.1 Å². The Morgan fingerprint density at radius 1 is 1.22 bits per heavy atom. The molecule has 1 unspecified atom stereocenters. The molecule has 98 valence electrons. The average Bonchev–Trinajstić information content (AvgIpc) is 3.30. The van der Waals surface area contributed by atoms with Crippen molar-refractivity contribution in [2.24, 2.45) is 17.8 Å². The van der Waals surface area contributed by atoms with E-state index in [0.717, 1.165) is 17.8 Å². The third-order valence-corrected chi connectivity index (χ3v) is 5.02. The Morgan fingerprint density at radius 2 is 2.00 bits per heavy atom. The van der Waals surface area contributed by atoms with Gasteiger partial charge < -0.3 is 9.88 Å². The van der Waals surface area contributed by atoms with Gasteiger partial charge in [0.15, 0.2) is 0 Å². The summed E-state index contributed by atoms with van der Waals surface area (Å²) < 4.78 is 2.45. The van der Waals surface area contributed by atoms with Crippen molar-refractivity contribution in [2.75, 3.05) is 6.54 Å². The maximum atomic E-state index is 4.40. The van der Waals surface area contributed by atoms with E-state index in [1.54, 1.807) is 0 Å². The van der Waals surface area contributed by atoms with Crippen LogP contribution in [0.3, 0.4) is 0 Å². The van der Waals surface area contributed by atoms with Gasteiger partial charge in [0.25, 0.3) is 0 Å². The molecule has 1 aromatic rings. The van der Waals surface area contributed by atoms with E-state index in [1.165, 1.54) is 57.3 Å². The Balaban J connectivity index is 1.51. The molecule has 1 aromatic heterocycles. The molecule has 4 rings (SSSR count). The van der Waals surface area contributed by atoms with Crippen molar-refractivity contribution in [3.8, 4) is 0 Å². The van der Waals surface area contributed by atoms with E-state index in [0.29, 0.717) is 6.04 Å². The van der Waals surface area contributed by atoms with E-state index < -0.39 is 0 Å². The molecule has 3 nitrogen and oxygen atoms in total. The number of imidazole rings is 1. The monoisotopic (exact) mass is 245 g/mol. The molecule has 0 amide bonds. The van der Waals surface area contributed by atoms with Crippen molar-refractivity contribution in [2.45, 2.75) is 51.1 Å². The molecule has 0 bridgehead atoms. The summed E-state index contributed by atoms with van der Waals surface area (Å²) in [5.41, 5.74) is 1.43. The lowest BCUT2D eigenvalue weighted by Crippen LogP contribution is -2.21. The first kappa shape index (κ1) is 11.0. The third kappa shape index (κ3) is 2.09. The molecule has 3 heteroatoms. The van der Waals surface area contributed by atoms with Gasteiger partial charge in [0.1, 0.15) is 0 Å². The standard InChI is InChI=1S/C15H23N3/c1-2-14(17-7-1)15-8-16-10-18(15)9-13(11-3-4-11)12-5-6-12/h8,10-14,17H,1-7,9H2. The van der Waals surface area contributed by atoms with Crippen LogP contribution in [-0.2, 0) is 6.54 Å². The molecular formula is C15H23N3. The number of nitrogens with one attached hydrogen (secondary N) is 1. The van der Waals surface area contributed by atoms with E-state index in [9.17, 15) is 0 Å². The highest BCUT2D eigenvalue weighted by Crippen LogP contribution is 2.50. The average molecular weight is 245 g/mol. The summed E-state index contributed by atoms with van der Waals surface area (Å²) in [5.74, 6) is 3.01. The Morgan fingerprint density at radius 3 is 2.61 bits per heavy atom. The van der Waals surface area contributed by atoms with Gasteiger partial charge in [0, 0.05) is 18.8 Å². The summed E-state index contributed by atoms with van der Waals surface area (Å²) in [7, 11) is 0. The quantitative estimate of drug-likeness (QED) is 0.864. The second kappa shape index (κ2) is 4.37. The molecule has 0 spiro atoms. The van der Waals surface area contributed by atoms with E-state index in [2.05, 4.69) is 27.4 Å². The molecule has 3 fully saturated rings. The van der Waals surface area contributed by atoms with Crippen LogP contribution in [0.4, 0.5) is 0 Å². The molecule has 1 saturated heterocycles. The highest BCUT2D eigenvalue weighted by Gasteiger charge is 2.41. The van der Waals surface area contributed by atoms with Gasteiger partial charge in [0.2, 0.25) is 0 Å². The van der Waals surface area contributed by atoms with Crippen molar-refractivity contribution in [3.63, 3.8) is 0 Å². The van der Waals surface area contributed by atoms with Crippen molar-refractivity contribution in [1.82, 2.24) is 14.9 Å². The number of aromatic nitrogens is 2. The molecule has 2 heterocycles. The molecule has 18 heavy (non-hydrogen) atoms. The second-order valence-corrected chi connectivity index (χ2v) is 6.46. The van der Waals surface area contributed by atoms with Crippen LogP contribution >= 0.6 is 0 Å². The minimum atomic E-state index is 0.562. The van der Waals surface area contributed by atoms with Crippen LogP contribution in [0.25, 0.3) is 0 Å². The lowest BCUT2D eigenvalue weighted by Gasteiger charge is -2.20. The van der Waals surface area contributed by atoms with Gasteiger partial charge in [-0.2, -0.15) is 0 Å². The summed E-state index contributed by atoms with van der Waals surface area (Å²) >= 11 is 0. The zero-order chi connectivity index (χ0) is 11.9. The molecule has 1 N–H and O–H groups in total. The molecular weight excluding hydrogens is 222 g/mol. The van der Waals surface area contributed by atoms with E-state index in [-0.39, 0.29) is 0 Å². The fourth-order valence-corrected chi connectivity index (χ4v) is 3.67. The SMILES string of the molecule is c1ncn(CC(C2CC2)C2CC2)c1C1CCCN1. The van der Waals surface area contributed by atoms with Gasteiger partial charge in [-0.25, -0.2) is 4.98 Å². The Bertz CT molecular complexity index is 399. The molecule has 1 atom stereocenters. The predicted molar refractivity (Wildman–Crippen MR) is 71.1 cm³/mol. The van der Waals surface area contributed by atoms with Crippen LogP contribution in [0.5, 0.6) is 0 Å². The van der Waals surface area contributed by atoms with Crippen LogP contribution in [0.15, 0.2) is 12.5 Å². The number of rotatable bonds is 5. The molecule has 1 aliphatic heterocycles. The molecule has 2 aliphatic carbocycles. The Kier molecular flexibility index (Phi) is 2.68. The zero-order valence-electron chi connectivity index (χ0n) is 11.0. The predicted octanol–water partition coefficient (Wildman–Crippen LogP) is 2.74. The highest BCUT2D eigenvalue weighted by atomic mass is 15.1. The fourth-order valence-electron chi connectivity index (χ4n) is 3.67. The van der Waals surface area contributed by atoms with Crippen LogP contribution in [0.2, 0.25) is 0 Å². The first-order valence-corrected chi connectivity index (χ1v) is 7.65. The fraction of sp³-hybridized carbons (Fsp3) is 0.800. The van der Waals surface area contributed by atoms with Crippen molar-refractivity contribution in [3.05, 3.63) is 18.2 Å². The van der Waals surface area contributed by atoms with Gasteiger partial charge in [-0.05, 0) is 62.8 Å². The van der Waals surface area contributed by atoms with Gasteiger partial charge >= 0.3 is 0 Å². The molecule has 2 saturated carbocycles. The largest absolute Gasteiger partial charge is 0.333 e. The van der Waals surface area contributed by atoms with Crippen LogP contribution in [0, 0.1) is 17.8 Å². The van der Waals surface area contributed by atoms with E-state index in [1.807, 2.05) is 0 Å². The van der Waals surface area contributed by atoms with Crippen LogP contribution < -0.4 is 5.32 Å². The minimum absolute atomic E-state index is 0.562. The second-order valence-electron chi connectivity index (χ2n) is 6.46. The normalized spacial score (nSPS) is 28.2. The highest BCUT2D eigenvalue weighted by molar-refractivity contribution is 5.08. The summed E-state index contributed by atoms with van der Waals surface area (Å²) in [6.07, 6.45) is 12.7. The minimum Gasteiger partial charge on any atom is -0.333 e. The summed E-state index contributed by atoms with van der Waals surface area (Å²) in [4.78, 5) is 4.40. The summed E-state index contributed by atoms with van der Waals surface area (Å²) in [6, 6.07) is 0.562. The van der Waals surface area contributed by atoms with Crippen LogP contribution in [0.1, 0.15) is 50.3 Å². The third-order valence-electron chi connectivity index (χ3n) is 5.02. The van der Waals surface area contributed by atoms with Gasteiger partial charge in [0.05, 0.1) is 12.0 Å². The lowest BCUT2D eigenvalue weighted by molar-refractivity contribution is 0.340. The van der Waals surface area contributed by atoms with Gasteiger partial charge in [-0.1, -0.05) is 0 Å². The Labute approximate surface area is 109 Å². The number of hydrogen-bond donors (Lipinski definition) is 1. The van der Waals surface area contributed by atoms with Gasteiger partial charge in [-0.15, -0.1) is 0 Å². The van der Waals surface area contributed by atoms with Crippen molar-refractivity contribution < 1.29 is 0 Å². The van der Waals surface area contributed by atoms with E-state index >= 15 is 0 Å². The zero-order valence-corrected chi connectivity index (χ0v) is 11.0. The number of nitrogens with zero attached hydrogens (tertiary/aromatic N) is 2. The number of hydrogen-bond acceptors (Lipinski definition) is 2. The van der Waals surface area contributed by atoms with Crippen molar-refractivity contribution in [1.29, 1.82) is 0 Å². The maximum absolute atomic E-state index is 4.40. The van der Waals surface area contributed by atoms with Crippen molar-refractivity contribution >= 4 is 0 Å². The first-order valence-electron chi connectivity index (χ1n) is 7.65. The summed E-state index contributed by atoms with van der Waals surface area (Å²) in [6.45, 7) is 2.40. The first-order chi connectivity index (χ1) is 8.92. The van der Waals surface area contributed by atoms with Gasteiger partial charge in [-0.3, -0.25) is 0 Å². The van der Waals surface area contributed by atoms with E-state index in [4.69, 9.17) is 0 Å².